The summed E-state index contributed by atoms with van der Waals surface area (Å²) in [5.41, 5.74) is 1.12. The Morgan fingerprint density at radius 2 is 2.19 bits per heavy atom. The predicted octanol–water partition coefficient (Wildman–Crippen LogP) is 1.37. The summed E-state index contributed by atoms with van der Waals surface area (Å²) in [4.78, 5) is 11.6. The molecule has 1 aromatic carbocycles. The van der Waals surface area contributed by atoms with Crippen molar-refractivity contribution in [2.24, 2.45) is 0 Å². The van der Waals surface area contributed by atoms with Crippen LogP contribution in [-0.2, 0) is 25.4 Å². The van der Waals surface area contributed by atoms with E-state index in [9.17, 15) is 9.90 Å². The highest BCUT2D eigenvalue weighted by Gasteiger charge is 2.52. The lowest BCUT2D eigenvalue weighted by Gasteiger charge is -2.49. The van der Waals surface area contributed by atoms with Gasteiger partial charge in [0.05, 0.1) is 6.61 Å². The fourth-order valence-electron chi connectivity index (χ4n) is 3.31. The van der Waals surface area contributed by atoms with Crippen molar-refractivity contribution in [3.63, 3.8) is 0 Å². The SMILES string of the molecule is CCc1cccc(O[C@@H]2O[C@@H]3COC(C)(C)O[C@@H]3[C@@H](O)[C@H]2NC(C)=O)c1. The zero-order chi connectivity index (χ0) is 18.9. The highest BCUT2D eigenvalue weighted by Crippen LogP contribution is 2.33. The highest BCUT2D eigenvalue weighted by molar-refractivity contribution is 5.73. The average molecular weight is 365 g/mol. The van der Waals surface area contributed by atoms with E-state index in [1.807, 2.05) is 24.3 Å². The molecule has 7 nitrogen and oxygen atoms in total. The molecule has 144 valence electrons. The van der Waals surface area contributed by atoms with Gasteiger partial charge in [-0.25, -0.2) is 0 Å². The average Bonchev–Trinajstić information content (AvgIpc) is 2.58. The largest absolute Gasteiger partial charge is 0.463 e. The third-order valence-corrected chi connectivity index (χ3v) is 4.62. The Hall–Kier alpha value is -1.67. The second-order valence-electron chi connectivity index (χ2n) is 7.17. The number of aliphatic hydroxyl groups excluding tert-OH is 1. The third-order valence-electron chi connectivity index (χ3n) is 4.62. The number of nitrogens with one attached hydrogen (secondary N) is 1. The van der Waals surface area contributed by atoms with Crippen LogP contribution < -0.4 is 10.1 Å². The van der Waals surface area contributed by atoms with Gasteiger partial charge in [0.25, 0.3) is 0 Å². The number of hydrogen-bond donors (Lipinski definition) is 2. The van der Waals surface area contributed by atoms with Gasteiger partial charge in [0.1, 0.15) is 30.1 Å². The normalized spacial score (nSPS) is 33.2. The molecular formula is C19H27NO6. The van der Waals surface area contributed by atoms with Crippen molar-refractivity contribution in [1.29, 1.82) is 0 Å². The molecule has 0 unspecified atom stereocenters. The molecule has 26 heavy (non-hydrogen) atoms. The summed E-state index contributed by atoms with van der Waals surface area (Å²) < 4.78 is 23.4. The fourth-order valence-corrected chi connectivity index (χ4v) is 3.31. The first-order valence-electron chi connectivity index (χ1n) is 8.97. The first kappa shape index (κ1) is 19.1. The molecule has 2 fully saturated rings. The van der Waals surface area contributed by atoms with Gasteiger partial charge in [-0.05, 0) is 38.0 Å². The standard InChI is InChI=1S/C19H27NO6/c1-5-12-7-6-8-13(9-12)24-18-15(20-11(2)21)16(22)17-14(25-18)10-23-19(3,4)26-17/h6-9,14-18,22H,5,10H2,1-4H3,(H,20,21)/t14-,15-,16+,17+,18-/m1/s1. The van der Waals surface area contributed by atoms with Gasteiger partial charge in [-0.2, -0.15) is 0 Å². The second-order valence-corrected chi connectivity index (χ2v) is 7.17. The number of amides is 1. The Balaban J connectivity index is 1.81. The molecule has 0 aromatic heterocycles. The summed E-state index contributed by atoms with van der Waals surface area (Å²) in [5, 5.41) is 13.6. The van der Waals surface area contributed by atoms with Gasteiger partial charge in [0, 0.05) is 6.92 Å². The molecule has 1 amide bonds. The molecule has 0 spiro atoms. The van der Waals surface area contributed by atoms with Gasteiger partial charge in [0.15, 0.2) is 5.79 Å². The van der Waals surface area contributed by atoms with E-state index < -0.39 is 36.4 Å². The minimum absolute atomic E-state index is 0.274. The summed E-state index contributed by atoms with van der Waals surface area (Å²) in [5.74, 6) is -0.484. The van der Waals surface area contributed by atoms with Gasteiger partial charge in [-0.1, -0.05) is 19.1 Å². The molecule has 0 saturated carbocycles. The molecule has 2 saturated heterocycles. The predicted molar refractivity (Wildman–Crippen MR) is 93.6 cm³/mol. The van der Waals surface area contributed by atoms with Gasteiger partial charge >= 0.3 is 0 Å². The van der Waals surface area contributed by atoms with Crippen LogP contribution in [0.3, 0.4) is 0 Å². The molecule has 5 atom stereocenters. The van der Waals surface area contributed by atoms with Crippen molar-refractivity contribution < 1.29 is 28.8 Å². The van der Waals surface area contributed by atoms with Crippen LogP contribution in [-0.4, -0.2) is 54.1 Å². The van der Waals surface area contributed by atoms with E-state index in [-0.39, 0.29) is 12.5 Å². The molecule has 2 aliphatic rings. The Kier molecular flexibility index (Phi) is 5.53. The Labute approximate surface area is 153 Å². The number of benzene rings is 1. The lowest BCUT2D eigenvalue weighted by atomic mass is 9.95. The van der Waals surface area contributed by atoms with Crippen LogP contribution in [0, 0.1) is 0 Å². The van der Waals surface area contributed by atoms with E-state index >= 15 is 0 Å². The molecule has 2 N–H and O–H groups in total. The number of aliphatic hydroxyl groups is 1. The maximum atomic E-state index is 11.6. The van der Waals surface area contributed by atoms with E-state index in [1.165, 1.54) is 6.92 Å². The number of carbonyl (C=O) groups excluding carboxylic acids is 1. The van der Waals surface area contributed by atoms with Crippen molar-refractivity contribution in [3.8, 4) is 5.75 Å². The molecule has 7 heteroatoms. The van der Waals surface area contributed by atoms with Crippen molar-refractivity contribution in [1.82, 2.24) is 5.32 Å². The lowest BCUT2D eigenvalue weighted by Crippen LogP contribution is -2.69. The Morgan fingerprint density at radius 3 is 2.88 bits per heavy atom. The minimum atomic E-state index is -0.986. The topological polar surface area (TPSA) is 86.2 Å². The summed E-state index contributed by atoms with van der Waals surface area (Å²) in [6.07, 6.45) is -2.06. The number of hydrogen-bond acceptors (Lipinski definition) is 6. The van der Waals surface area contributed by atoms with Crippen LogP contribution in [0.4, 0.5) is 0 Å². The van der Waals surface area contributed by atoms with E-state index in [0.29, 0.717) is 5.75 Å². The number of rotatable bonds is 4. The number of ether oxygens (including phenoxy) is 4. The molecule has 1 aromatic rings. The van der Waals surface area contributed by atoms with Gasteiger partial charge < -0.3 is 29.4 Å². The first-order valence-corrected chi connectivity index (χ1v) is 8.97. The van der Waals surface area contributed by atoms with Crippen molar-refractivity contribution >= 4 is 5.91 Å². The van der Waals surface area contributed by atoms with Gasteiger partial charge in [-0.3, -0.25) is 4.79 Å². The van der Waals surface area contributed by atoms with E-state index in [2.05, 4.69) is 12.2 Å². The van der Waals surface area contributed by atoms with Crippen molar-refractivity contribution in [2.75, 3.05) is 6.61 Å². The van der Waals surface area contributed by atoms with Crippen molar-refractivity contribution in [2.45, 2.75) is 70.5 Å². The van der Waals surface area contributed by atoms with Gasteiger partial charge in [-0.15, -0.1) is 0 Å². The van der Waals surface area contributed by atoms with Crippen LogP contribution in [0.2, 0.25) is 0 Å². The van der Waals surface area contributed by atoms with Crippen LogP contribution in [0.5, 0.6) is 5.75 Å². The number of carbonyl (C=O) groups is 1. The van der Waals surface area contributed by atoms with E-state index in [0.717, 1.165) is 12.0 Å². The number of fused-ring (bicyclic) bond motifs is 1. The molecule has 0 bridgehead atoms. The smallest absolute Gasteiger partial charge is 0.223 e. The lowest BCUT2D eigenvalue weighted by molar-refractivity contribution is -0.361. The maximum Gasteiger partial charge on any atom is 0.223 e. The van der Waals surface area contributed by atoms with E-state index in [1.54, 1.807) is 13.8 Å². The molecule has 2 aliphatic heterocycles. The summed E-state index contributed by atoms with van der Waals surface area (Å²) in [6, 6.07) is 6.90. The summed E-state index contributed by atoms with van der Waals surface area (Å²) >= 11 is 0. The molecule has 3 rings (SSSR count). The molecule has 0 aliphatic carbocycles. The minimum Gasteiger partial charge on any atom is -0.463 e. The van der Waals surface area contributed by atoms with Crippen LogP contribution in [0.1, 0.15) is 33.3 Å². The van der Waals surface area contributed by atoms with E-state index in [4.69, 9.17) is 18.9 Å². The first-order chi connectivity index (χ1) is 12.3. The number of aryl methyl sites for hydroxylation is 1. The third kappa shape index (κ3) is 4.17. The molecule has 0 radical (unpaired) electrons. The molecular weight excluding hydrogens is 338 g/mol. The fraction of sp³-hybridized carbons (Fsp3) is 0.632. The highest BCUT2D eigenvalue weighted by atomic mass is 16.8. The quantitative estimate of drug-likeness (QED) is 0.838. The van der Waals surface area contributed by atoms with Crippen LogP contribution in [0.25, 0.3) is 0 Å². The second kappa shape index (κ2) is 7.52. The monoisotopic (exact) mass is 365 g/mol. The van der Waals surface area contributed by atoms with Gasteiger partial charge in [0.2, 0.25) is 12.2 Å². The van der Waals surface area contributed by atoms with Crippen LogP contribution >= 0.6 is 0 Å². The zero-order valence-corrected chi connectivity index (χ0v) is 15.6. The zero-order valence-electron chi connectivity index (χ0n) is 15.6. The van der Waals surface area contributed by atoms with Crippen LogP contribution in [0.15, 0.2) is 24.3 Å². The Bertz CT molecular complexity index is 649. The Morgan fingerprint density at radius 1 is 1.42 bits per heavy atom. The summed E-state index contributed by atoms with van der Waals surface area (Å²) in [7, 11) is 0. The molecule has 2 heterocycles. The summed E-state index contributed by atoms with van der Waals surface area (Å²) in [6.45, 7) is 7.28. The van der Waals surface area contributed by atoms with Crippen molar-refractivity contribution in [3.05, 3.63) is 29.8 Å². The maximum absolute atomic E-state index is 11.6.